The zero-order valence-electron chi connectivity index (χ0n) is 9.32. The molecule has 1 fully saturated rings. The minimum Gasteiger partial charge on any atom is -0.271 e. The van der Waals surface area contributed by atoms with E-state index < -0.39 is 0 Å². The third kappa shape index (κ3) is 2.80. The van der Waals surface area contributed by atoms with Gasteiger partial charge in [-0.3, -0.25) is 11.3 Å². The van der Waals surface area contributed by atoms with Gasteiger partial charge in [-0.05, 0) is 36.7 Å². The molecule has 3 N–H and O–H groups in total. The van der Waals surface area contributed by atoms with Gasteiger partial charge in [0.05, 0.1) is 0 Å². The molecule has 2 nitrogen and oxygen atoms in total. The molecule has 3 atom stereocenters. The Balaban J connectivity index is 1.81. The van der Waals surface area contributed by atoms with Gasteiger partial charge in [0.15, 0.2) is 0 Å². The van der Waals surface area contributed by atoms with Gasteiger partial charge in [0.1, 0.15) is 0 Å². The minimum absolute atomic E-state index is 0.500. The van der Waals surface area contributed by atoms with E-state index in [4.69, 9.17) is 5.84 Å². The summed E-state index contributed by atoms with van der Waals surface area (Å²) in [6.07, 6.45) is 3.61. The van der Waals surface area contributed by atoms with Gasteiger partial charge in [0.2, 0.25) is 0 Å². The van der Waals surface area contributed by atoms with Crippen molar-refractivity contribution >= 4 is 0 Å². The molecule has 0 saturated heterocycles. The van der Waals surface area contributed by atoms with Crippen LogP contribution >= 0.6 is 0 Å². The van der Waals surface area contributed by atoms with Crippen molar-refractivity contribution in [2.45, 2.75) is 32.2 Å². The highest BCUT2D eigenvalue weighted by molar-refractivity contribution is 5.15. The fraction of sp³-hybridized carbons (Fsp3) is 0.538. The molecule has 1 saturated carbocycles. The average molecular weight is 204 g/mol. The topological polar surface area (TPSA) is 38.0 Å². The third-order valence-electron chi connectivity index (χ3n) is 3.49. The van der Waals surface area contributed by atoms with Gasteiger partial charge in [0, 0.05) is 6.04 Å². The van der Waals surface area contributed by atoms with Crippen molar-refractivity contribution in [3.63, 3.8) is 0 Å². The summed E-state index contributed by atoms with van der Waals surface area (Å²) in [5, 5.41) is 0. The molecular weight excluding hydrogens is 184 g/mol. The van der Waals surface area contributed by atoms with Crippen molar-refractivity contribution in [1.29, 1.82) is 0 Å². The Morgan fingerprint density at radius 1 is 1.40 bits per heavy atom. The number of aryl methyl sites for hydroxylation is 1. The van der Waals surface area contributed by atoms with E-state index in [1.54, 1.807) is 0 Å². The van der Waals surface area contributed by atoms with Crippen LogP contribution in [0.5, 0.6) is 0 Å². The molecule has 0 spiro atoms. The summed E-state index contributed by atoms with van der Waals surface area (Å²) in [5.41, 5.74) is 4.37. The first kappa shape index (κ1) is 10.7. The summed E-state index contributed by atoms with van der Waals surface area (Å²) in [5.74, 6) is 7.26. The van der Waals surface area contributed by atoms with Crippen LogP contribution in [0.1, 0.15) is 25.3 Å². The number of rotatable bonds is 5. The maximum Gasteiger partial charge on any atom is 0.0244 e. The maximum atomic E-state index is 5.59. The molecule has 1 aromatic rings. The SMILES string of the molecule is CC1CC1C(CCc1ccccc1)NN. The van der Waals surface area contributed by atoms with E-state index in [9.17, 15) is 0 Å². The summed E-state index contributed by atoms with van der Waals surface area (Å²) in [6.45, 7) is 2.30. The van der Waals surface area contributed by atoms with Gasteiger partial charge in [-0.25, -0.2) is 0 Å². The molecule has 2 heteroatoms. The van der Waals surface area contributed by atoms with Crippen molar-refractivity contribution in [1.82, 2.24) is 5.43 Å². The second-order valence-electron chi connectivity index (χ2n) is 4.67. The van der Waals surface area contributed by atoms with Crippen LogP contribution in [0.4, 0.5) is 0 Å². The highest BCUT2D eigenvalue weighted by Crippen LogP contribution is 2.41. The van der Waals surface area contributed by atoms with E-state index in [0.717, 1.165) is 24.7 Å². The molecule has 0 aromatic heterocycles. The Hall–Kier alpha value is -0.860. The van der Waals surface area contributed by atoms with Crippen LogP contribution in [-0.2, 0) is 6.42 Å². The van der Waals surface area contributed by atoms with Crippen LogP contribution in [-0.4, -0.2) is 6.04 Å². The monoisotopic (exact) mass is 204 g/mol. The lowest BCUT2D eigenvalue weighted by Crippen LogP contribution is -2.37. The van der Waals surface area contributed by atoms with Gasteiger partial charge in [-0.2, -0.15) is 0 Å². The molecule has 0 heterocycles. The van der Waals surface area contributed by atoms with E-state index in [-0.39, 0.29) is 0 Å². The number of benzene rings is 1. The van der Waals surface area contributed by atoms with Crippen LogP contribution in [0.15, 0.2) is 30.3 Å². The van der Waals surface area contributed by atoms with Crippen molar-refractivity contribution in [3.05, 3.63) is 35.9 Å². The number of hydrazine groups is 1. The molecule has 1 aliphatic rings. The number of hydrogen-bond acceptors (Lipinski definition) is 2. The molecule has 82 valence electrons. The Kier molecular flexibility index (Phi) is 3.39. The largest absolute Gasteiger partial charge is 0.271 e. The van der Waals surface area contributed by atoms with E-state index in [1.807, 2.05) is 0 Å². The highest BCUT2D eigenvalue weighted by Gasteiger charge is 2.38. The predicted octanol–water partition coefficient (Wildman–Crippen LogP) is 2.11. The van der Waals surface area contributed by atoms with Crippen LogP contribution in [0.3, 0.4) is 0 Å². The first-order chi connectivity index (χ1) is 7.31. The number of hydrogen-bond donors (Lipinski definition) is 2. The molecule has 3 unspecified atom stereocenters. The smallest absolute Gasteiger partial charge is 0.0244 e. The first-order valence-electron chi connectivity index (χ1n) is 5.81. The van der Waals surface area contributed by atoms with E-state index >= 15 is 0 Å². The number of nitrogens with two attached hydrogens (primary N) is 1. The summed E-state index contributed by atoms with van der Waals surface area (Å²) in [6, 6.07) is 11.1. The Bertz CT molecular complexity index is 297. The normalized spacial score (nSPS) is 26.3. The van der Waals surface area contributed by atoms with Gasteiger partial charge in [0.25, 0.3) is 0 Å². The van der Waals surface area contributed by atoms with Crippen LogP contribution in [0.2, 0.25) is 0 Å². The molecular formula is C13H20N2. The Morgan fingerprint density at radius 2 is 2.07 bits per heavy atom. The van der Waals surface area contributed by atoms with Crippen molar-refractivity contribution in [2.75, 3.05) is 0 Å². The van der Waals surface area contributed by atoms with Crippen LogP contribution < -0.4 is 11.3 Å². The van der Waals surface area contributed by atoms with Crippen molar-refractivity contribution in [3.8, 4) is 0 Å². The van der Waals surface area contributed by atoms with Gasteiger partial charge in [-0.15, -0.1) is 0 Å². The highest BCUT2D eigenvalue weighted by atomic mass is 15.2. The summed E-state index contributed by atoms with van der Waals surface area (Å²) >= 11 is 0. The first-order valence-corrected chi connectivity index (χ1v) is 5.81. The van der Waals surface area contributed by atoms with Gasteiger partial charge in [-0.1, -0.05) is 37.3 Å². The second kappa shape index (κ2) is 4.77. The third-order valence-corrected chi connectivity index (χ3v) is 3.49. The van der Waals surface area contributed by atoms with Gasteiger partial charge < -0.3 is 0 Å². The number of nitrogens with one attached hydrogen (secondary N) is 1. The fourth-order valence-corrected chi connectivity index (χ4v) is 2.30. The lowest BCUT2D eigenvalue weighted by molar-refractivity contribution is 0.430. The lowest BCUT2D eigenvalue weighted by atomic mass is 10.0. The molecule has 2 rings (SSSR count). The second-order valence-corrected chi connectivity index (χ2v) is 4.67. The predicted molar refractivity (Wildman–Crippen MR) is 63.1 cm³/mol. The molecule has 0 bridgehead atoms. The minimum atomic E-state index is 0.500. The van der Waals surface area contributed by atoms with Gasteiger partial charge >= 0.3 is 0 Å². The molecule has 1 aromatic carbocycles. The zero-order chi connectivity index (χ0) is 10.7. The van der Waals surface area contributed by atoms with E-state index in [2.05, 4.69) is 42.7 Å². The van der Waals surface area contributed by atoms with Crippen molar-refractivity contribution < 1.29 is 0 Å². The molecule has 0 radical (unpaired) electrons. The zero-order valence-corrected chi connectivity index (χ0v) is 9.32. The maximum absolute atomic E-state index is 5.59. The van der Waals surface area contributed by atoms with E-state index in [1.165, 1.54) is 12.0 Å². The Morgan fingerprint density at radius 3 is 2.60 bits per heavy atom. The molecule has 0 aliphatic heterocycles. The summed E-state index contributed by atoms with van der Waals surface area (Å²) in [4.78, 5) is 0. The molecule has 15 heavy (non-hydrogen) atoms. The molecule has 1 aliphatic carbocycles. The standard InChI is InChI=1S/C13H20N2/c1-10-9-12(10)13(15-14)8-7-11-5-3-2-4-6-11/h2-6,10,12-13,15H,7-9,14H2,1H3. The lowest BCUT2D eigenvalue weighted by Gasteiger charge is -2.15. The summed E-state index contributed by atoms with van der Waals surface area (Å²) in [7, 11) is 0. The fourth-order valence-electron chi connectivity index (χ4n) is 2.30. The summed E-state index contributed by atoms with van der Waals surface area (Å²) < 4.78 is 0. The van der Waals surface area contributed by atoms with Crippen LogP contribution in [0, 0.1) is 11.8 Å². The quantitative estimate of drug-likeness (QED) is 0.569. The van der Waals surface area contributed by atoms with Crippen LogP contribution in [0.25, 0.3) is 0 Å². The average Bonchev–Trinajstić information content (AvgIpc) is 2.98. The Labute approximate surface area is 91.8 Å². The van der Waals surface area contributed by atoms with E-state index in [0.29, 0.717) is 6.04 Å². The van der Waals surface area contributed by atoms with Crippen molar-refractivity contribution in [2.24, 2.45) is 17.7 Å². The molecule has 0 amide bonds.